The molecule has 142 valence electrons. The van der Waals surface area contributed by atoms with Gasteiger partial charge in [0.05, 0.1) is 25.6 Å². The molecule has 0 radical (unpaired) electrons. The van der Waals surface area contributed by atoms with Crippen LogP contribution in [0.25, 0.3) is 0 Å². The Kier molecular flexibility index (Phi) is 5.55. The zero-order valence-corrected chi connectivity index (χ0v) is 15.8. The number of nitrogens with zero attached hydrogens (tertiary/aromatic N) is 1. The lowest BCUT2D eigenvalue weighted by molar-refractivity contribution is -0.129. The molecule has 0 bridgehead atoms. The molecule has 0 saturated carbocycles. The molecule has 2 amide bonds. The second-order valence-corrected chi connectivity index (χ2v) is 7.35. The lowest BCUT2D eigenvalue weighted by Crippen LogP contribution is -2.33. The van der Waals surface area contributed by atoms with Crippen molar-refractivity contribution in [3.05, 3.63) is 51.7 Å². The zero-order valence-electron chi connectivity index (χ0n) is 15.0. The molecule has 0 unspecified atom stereocenters. The number of thiophene rings is 1. The smallest absolute Gasteiger partial charge is 0.341 e. The molecule has 0 saturated heterocycles. The first-order valence-corrected chi connectivity index (χ1v) is 9.23. The van der Waals surface area contributed by atoms with Crippen molar-refractivity contribution in [2.24, 2.45) is 0 Å². The summed E-state index contributed by atoms with van der Waals surface area (Å²) in [5.74, 6) is -1.22. The van der Waals surface area contributed by atoms with Crippen molar-refractivity contribution in [1.82, 2.24) is 4.90 Å². The van der Waals surface area contributed by atoms with Crippen molar-refractivity contribution < 1.29 is 23.5 Å². The number of carbonyl (C=O) groups excluding carboxylic acids is 3. The van der Waals surface area contributed by atoms with E-state index >= 15 is 0 Å². The van der Waals surface area contributed by atoms with Crippen LogP contribution in [0.1, 0.15) is 33.3 Å². The molecule has 0 atom stereocenters. The molecule has 8 heteroatoms. The highest BCUT2D eigenvalue weighted by atomic mass is 32.1. The Labute approximate surface area is 159 Å². The molecular weight excluding hydrogens is 371 g/mol. The van der Waals surface area contributed by atoms with Crippen molar-refractivity contribution in [2.75, 3.05) is 19.0 Å². The minimum absolute atomic E-state index is 0.0319. The van der Waals surface area contributed by atoms with E-state index in [9.17, 15) is 18.8 Å². The van der Waals surface area contributed by atoms with Crippen LogP contribution < -0.4 is 5.32 Å². The first kappa shape index (κ1) is 19.0. The SMILES string of the molecule is COC(=O)c1c(NC(=O)Cc2ccc(F)cc2)sc2c1CCN(C(C)=O)C2. The van der Waals surface area contributed by atoms with Crippen LogP contribution in [0.5, 0.6) is 0 Å². The number of benzene rings is 1. The number of hydrogen-bond donors (Lipinski definition) is 1. The first-order valence-electron chi connectivity index (χ1n) is 8.41. The number of rotatable bonds is 4. The lowest BCUT2D eigenvalue weighted by Gasteiger charge is -2.25. The number of anilines is 1. The van der Waals surface area contributed by atoms with Gasteiger partial charge in [0.25, 0.3) is 0 Å². The molecule has 6 nitrogen and oxygen atoms in total. The van der Waals surface area contributed by atoms with Gasteiger partial charge in [0.1, 0.15) is 10.8 Å². The van der Waals surface area contributed by atoms with Crippen LogP contribution in [0, 0.1) is 5.82 Å². The maximum Gasteiger partial charge on any atom is 0.341 e. The summed E-state index contributed by atoms with van der Waals surface area (Å²) in [6.45, 7) is 2.43. The van der Waals surface area contributed by atoms with Crippen molar-refractivity contribution in [3.8, 4) is 0 Å². The number of nitrogens with one attached hydrogen (secondary N) is 1. The van der Waals surface area contributed by atoms with E-state index in [-0.39, 0.29) is 24.1 Å². The second kappa shape index (κ2) is 7.87. The molecular formula is C19H19FN2O4S. The maximum absolute atomic E-state index is 13.0. The van der Waals surface area contributed by atoms with Crippen molar-refractivity contribution in [3.63, 3.8) is 0 Å². The van der Waals surface area contributed by atoms with Gasteiger partial charge >= 0.3 is 5.97 Å². The van der Waals surface area contributed by atoms with Crippen LogP contribution in [-0.4, -0.2) is 36.3 Å². The van der Waals surface area contributed by atoms with E-state index in [1.807, 2.05) is 0 Å². The number of halogens is 1. The number of carbonyl (C=O) groups is 3. The third-order valence-corrected chi connectivity index (χ3v) is 5.55. The highest BCUT2D eigenvalue weighted by molar-refractivity contribution is 7.17. The highest BCUT2D eigenvalue weighted by Crippen LogP contribution is 2.37. The van der Waals surface area contributed by atoms with Gasteiger partial charge in [-0.3, -0.25) is 9.59 Å². The topological polar surface area (TPSA) is 75.7 Å². The number of esters is 1. The molecule has 27 heavy (non-hydrogen) atoms. The summed E-state index contributed by atoms with van der Waals surface area (Å²) in [5.41, 5.74) is 1.84. The van der Waals surface area contributed by atoms with E-state index in [1.54, 1.807) is 17.0 Å². The molecule has 1 aromatic heterocycles. The van der Waals surface area contributed by atoms with Gasteiger partial charge in [0.15, 0.2) is 0 Å². The van der Waals surface area contributed by atoms with Gasteiger partial charge in [-0.15, -0.1) is 11.3 Å². The van der Waals surface area contributed by atoms with Crippen LogP contribution in [0.4, 0.5) is 9.39 Å². The summed E-state index contributed by atoms with van der Waals surface area (Å²) in [5, 5.41) is 3.19. The number of amides is 2. The summed E-state index contributed by atoms with van der Waals surface area (Å²) < 4.78 is 17.9. The Hall–Kier alpha value is -2.74. The van der Waals surface area contributed by atoms with Crippen LogP contribution in [0.3, 0.4) is 0 Å². The van der Waals surface area contributed by atoms with Gasteiger partial charge in [-0.2, -0.15) is 0 Å². The van der Waals surface area contributed by atoms with E-state index in [2.05, 4.69) is 5.32 Å². The van der Waals surface area contributed by atoms with E-state index in [4.69, 9.17) is 4.74 Å². The second-order valence-electron chi connectivity index (χ2n) is 6.24. The van der Waals surface area contributed by atoms with E-state index in [0.717, 1.165) is 10.4 Å². The van der Waals surface area contributed by atoms with Gasteiger partial charge < -0.3 is 15.0 Å². The zero-order chi connectivity index (χ0) is 19.6. The summed E-state index contributed by atoms with van der Waals surface area (Å²) in [6.07, 6.45) is 0.590. The van der Waals surface area contributed by atoms with E-state index in [0.29, 0.717) is 35.6 Å². The Bertz CT molecular complexity index is 892. The molecule has 3 rings (SSSR count). The molecule has 0 fully saturated rings. The largest absolute Gasteiger partial charge is 0.465 e. The minimum atomic E-state index is -0.513. The molecule has 2 heterocycles. The normalized spacial score (nSPS) is 13.1. The Balaban J connectivity index is 1.83. The molecule has 0 spiro atoms. The van der Waals surface area contributed by atoms with E-state index in [1.165, 1.54) is 37.5 Å². The van der Waals surface area contributed by atoms with Crippen LogP contribution >= 0.6 is 11.3 Å². The minimum Gasteiger partial charge on any atom is -0.465 e. The summed E-state index contributed by atoms with van der Waals surface area (Å²) in [4.78, 5) is 38.9. The van der Waals surface area contributed by atoms with Crippen molar-refractivity contribution in [2.45, 2.75) is 26.3 Å². The van der Waals surface area contributed by atoms with Gasteiger partial charge in [0, 0.05) is 18.3 Å². The van der Waals surface area contributed by atoms with Crippen molar-refractivity contribution in [1.29, 1.82) is 0 Å². The predicted molar refractivity (Wildman–Crippen MR) is 99.2 cm³/mol. The molecule has 1 aliphatic rings. The Morgan fingerprint density at radius 2 is 1.96 bits per heavy atom. The maximum atomic E-state index is 13.0. The monoisotopic (exact) mass is 390 g/mol. The predicted octanol–water partition coefficient (Wildman–Crippen LogP) is 2.76. The molecule has 2 aromatic rings. The fraction of sp³-hybridized carbons (Fsp3) is 0.316. The van der Waals surface area contributed by atoms with Crippen LogP contribution in [-0.2, 0) is 33.7 Å². The quantitative estimate of drug-likeness (QED) is 0.815. The van der Waals surface area contributed by atoms with Crippen molar-refractivity contribution >= 4 is 34.1 Å². The van der Waals surface area contributed by atoms with Crippen LogP contribution in [0.2, 0.25) is 0 Å². The number of ether oxygens (including phenoxy) is 1. The fourth-order valence-corrected chi connectivity index (χ4v) is 4.30. The Morgan fingerprint density at radius 1 is 1.26 bits per heavy atom. The van der Waals surface area contributed by atoms with E-state index < -0.39 is 5.97 Å². The highest BCUT2D eigenvalue weighted by Gasteiger charge is 2.30. The average molecular weight is 390 g/mol. The van der Waals surface area contributed by atoms with Gasteiger partial charge in [-0.25, -0.2) is 9.18 Å². The summed E-state index contributed by atoms with van der Waals surface area (Å²) in [7, 11) is 1.29. The van der Waals surface area contributed by atoms with Gasteiger partial charge in [-0.05, 0) is 29.7 Å². The number of methoxy groups -OCH3 is 1. The molecule has 1 aliphatic heterocycles. The van der Waals surface area contributed by atoms with Gasteiger partial charge in [-0.1, -0.05) is 12.1 Å². The summed E-state index contributed by atoms with van der Waals surface area (Å²) >= 11 is 1.28. The molecule has 0 aliphatic carbocycles. The number of fused-ring (bicyclic) bond motifs is 1. The number of hydrogen-bond acceptors (Lipinski definition) is 5. The summed E-state index contributed by atoms with van der Waals surface area (Å²) in [6, 6.07) is 5.67. The molecule has 1 aromatic carbocycles. The third-order valence-electron chi connectivity index (χ3n) is 4.42. The Morgan fingerprint density at radius 3 is 2.59 bits per heavy atom. The standard InChI is InChI=1S/C19H19FN2O4S/c1-11(23)22-8-7-14-15(10-22)27-18(17(14)19(25)26-2)21-16(24)9-12-3-5-13(20)6-4-12/h3-6H,7-10H2,1-2H3,(H,21,24). The first-order chi connectivity index (χ1) is 12.9. The average Bonchev–Trinajstić information content (AvgIpc) is 2.99. The molecule has 1 N–H and O–H groups in total. The lowest BCUT2D eigenvalue weighted by atomic mass is 10.0. The fourth-order valence-electron chi connectivity index (χ4n) is 3.04. The van der Waals surface area contributed by atoms with Crippen LogP contribution in [0.15, 0.2) is 24.3 Å². The third kappa shape index (κ3) is 4.16. The van der Waals surface area contributed by atoms with Gasteiger partial charge in [0.2, 0.25) is 11.8 Å².